The van der Waals surface area contributed by atoms with E-state index >= 15 is 0 Å². The van der Waals surface area contributed by atoms with Crippen molar-refractivity contribution in [2.24, 2.45) is 5.92 Å². The van der Waals surface area contributed by atoms with Crippen LogP contribution in [0.15, 0.2) is 18.2 Å². The molecule has 82 valence electrons. The highest BCUT2D eigenvalue weighted by Crippen LogP contribution is 2.15. The molecule has 0 radical (unpaired) electrons. The average molecular weight is 210 g/mol. The van der Waals surface area contributed by atoms with Crippen molar-refractivity contribution in [3.63, 3.8) is 0 Å². The Bertz CT molecular complexity index is 361. The normalized spacial score (nSPS) is 12.5. The molecular formula is C12H15FO2. The standard InChI is InChI=1S/C12H15FO2/c1-3-9-4-5-11(13)10(7-9)6-8(2)12(14)15/h4-5,7-8H,3,6H2,1-2H3,(H,14,15). The summed E-state index contributed by atoms with van der Waals surface area (Å²) >= 11 is 0. The number of aryl methyl sites for hydroxylation is 1. The number of carboxylic acids is 1. The van der Waals surface area contributed by atoms with Crippen LogP contribution in [0.5, 0.6) is 0 Å². The molecule has 0 saturated carbocycles. The Kier molecular flexibility index (Phi) is 3.83. The first-order chi connectivity index (χ1) is 7.04. The summed E-state index contributed by atoms with van der Waals surface area (Å²) in [4.78, 5) is 10.6. The van der Waals surface area contributed by atoms with Crippen molar-refractivity contribution >= 4 is 5.97 Å². The van der Waals surface area contributed by atoms with Crippen LogP contribution < -0.4 is 0 Å². The number of rotatable bonds is 4. The van der Waals surface area contributed by atoms with Crippen LogP contribution in [0.2, 0.25) is 0 Å². The maximum absolute atomic E-state index is 13.3. The van der Waals surface area contributed by atoms with Gasteiger partial charge in [-0.3, -0.25) is 4.79 Å². The Balaban J connectivity index is 2.88. The van der Waals surface area contributed by atoms with Crippen LogP contribution in [0.4, 0.5) is 4.39 Å². The van der Waals surface area contributed by atoms with E-state index < -0.39 is 11.9 Å². The third kappa shape index (κ3) is 3.05. The van der Waals surface area contributed by atoms with Crippen LogP contribution in [0.25, 0.3) is 0 Å². The van der Waals surface area contributed by atoms with Crippen LogP contribution in [0, 0.1) is 11.7 Å². The molecule has 0 spiro atoms. The molecule has 0 aromatic heterocycles. The number of hydrogen-bond donors (Lipinski definition) is 1. The topological polar surface area (TPSA) is 37.3 Å². The predicted molar refractivity (Wildman–Crippen MR) is 56.3 cm³/mol. The first-order valence-corrected chi connectivity index (χ1v) is 5.04. The molecule has 15 heavy (non-hydrogen) atoms. The van der Waals surface area contributed by atoms with Crippen LogP contribution >= 0.6 is 0 Å². The van der Waals surface area contributed by atoms with Gasteiger partial charge in [-0.2, -0.15) is 0 Å². The minimum atomic E-state index is -0.892. The highest BCUT2D eigenvalue weighted by molar-refractivity contribution is 5.69. The first-order valence-electron chi connectivity index (χ1n) is 5.04. The van der Waals surface area contributed by atoms with E-state index in [9.17, 15) is 9.18 Å². The molecule has 1 N–H and O–H groups in total. The molecule has 1 aromatic rings. The van der Waals surface area contributed by atoms with Gasteiger partial charge >= 0.3 is 5.97 Å². The number of benzene rings is 1. The third-order valence-corrected chi connectivity index (χ3v) is 2.47. The zero-order chi connectivity index (χ0) is 11.4. The lowest BCUT2D eigenvalue weighted by Crippen LogP contribution is -2.13. The summed E-state index contributed by atoms with van der Waals surface area (Å²) in [6.07, 6.45) is 1.07. The van der Waals surface area contributed by atoms with Crippen molar-refractivity contribution in [2.75, 3.05) is 0 Å². The van der Waals surface area contributed by atoms with E-state index in [-0.39, 0.29) is 12.2 Å². The molecule has 0 aliphatic carbocycles. The van der Waals surface area contributed by atoms with Gasteiger partial charge < -0.3 is 5.11 Å². The van der Waals surface area contributed by atoms with Gasteiger partial charge in [0.15, 0.2) is 0 Å². The van der Waals surface area contributed by atoms with Crippen LogP contribution in [-0.4, -0.2) is 11.1 Å². The lowest BCUT2D eigenvalue weighted by molar-refractivity contribution is -0.141. The second kappa shape index (κ2) is 4.91. The molecule has 0 bridgehead atoms. The van der Waals surface area contributed by atoms with E-state index in [1.165, 1.54) is 6.07 Å². The molecule has 0 heterocycles. The van der Waals surface area contributed by atoms with Gasteiger partial charge in [-0.05, 0) is 30.0 Å². The maximum atomic E-state index is 13.3. The molecule has 0 saturated heterocycles. The summed E-state index contributed by atoms with van der Waals surface area (Å²) < 4.78 is 13.3. The van der Waals surface area contributed by atoms with E-state index in [0.29, 0.717) is 5.56 Å². The van der Waals surface area contributed by atoms with Gasteiger partial charge in [0.2, 0.25) is 0 Å². The zero-order valence-corrected chi connectivity index (χ0v) is 8.96. The molecule has 1 atom stereocenters. The molecule has 1 rings (SSSR count). The zero-order valence-electron chi connectivity index (χ0n) is 8.96. The fourth-order valence-electron chi connectivity index (χ4n) is 1.42. The number of halogens is 1. The van der Waals surface area contributed by atoms with Crippen molar-refractivity contribution in [3.8, 4) is 0 Å². The summed E-state index contributed by atoms with van der Waals surface area (Å²) in [5.41, 5.74) is 1.52. The van der Waals surface area contributed by atoms with E-state index in [1.807, 2.05) is 6.92 Å². The predicted octanol–water partition coefficient (Wildman–Crippen LogP) is 2.65. The van der Waals surface area contributed by atoms with E-state index in [0.717, 1.165) is 12.0 Å². The molecule has 0 aliphatic rings. The molecule has 2 nitrogen and oxygen atoms in total. The molecule has 3 heteroatoms. The summed E-state index contributed by atoms with van der Waals surface area (Å²) in [7, 11) is 0. The lowest BCUT2D eigenvalue weighted by atomic mass is 9.98. The average Bonchev–Trinajstić information content (AvgIpc) is 2.21. The van der Waals surface area contributed by atoms with Gasteiger partial charge in [-0.25, -0.2) is 4.39 Å². The molecule has 0 amide bonds. The van der Waals surface area contributed by atoms with Crippen molar-refractivity contribution in [2.45, 2.75) is 26.7 Å². The van der Waals surface area contributed by atoms with Gasteiger partial charge in [0.1, 0.15) is 5.82 Å². The number of carbonyl (C=O) groups is 1. The third-order valence-electron chi connectivity index (χ3n) is 2.47. The van der Waals surface area contributed by atoms with Crippen LogP contribution in [0.1, 0.15) is 25.0 Å². The highest BCUT2D eigenvalue weighted by Gasteiger charge is 2.14. The van der Waals surface area contributed by atoms with Crippen molar-refractivity contribution in [1.82, 2.24) is 0 Å². The Labute approximate surface area is 88.7 Å². The minimum Gasteiger partial charge on any atom is -0.481 e. The Morgan fingerprint density at radius 2 is 2.20 bits per heavy atom. The summed E-state index contributed by atoms with van der Waals surface area (Å²) in [6.45, 7) is 3.57. The highest BCUT2D eigenvalue weighted by atomic mass is 19.1. The van der Waals surface area contributed by atoms with Crippen molar-refractivity contribution < 1.29 is 14.3 Å². The molecule has 0 fully saturated rings. The SMILES string of the molecule is CCc1ccc(F)c(CC(C)C(=O)O)c1. The summed E-state index contributed by atoms with van der Waals surface area (Å²) in [6, 6.07) is 4.88. The summed E-state index contributed by atoms with van der Waals surface area (Å²) in [5.74, 6) is -1.76. The van der Waals surface area contributed by atoms with E-state index in [1.54, 1.807) is 19.1 Å². The van der Waals surface area contributed by atoms with Crippen molar-refractivity contribution in [1.29, 1.82) is 0 Å². The largest absolute Gasteiger partial charge is 0.481 e. The second-order valence-electron chi connectivity index (χ2n) is 3.72. The molecular weight excluding hydrogens is 195 g/mol. The minimum absolute atomic E-state index is 0.245. The first kappa shape index (κ1) is 11.7. The van der Waals surface area contributed by atoms with Crippen LogP contribution in [-0.2, 0) is 17.6 Å². The fraction of sp³-hybridized carbons (Fsp3) is 0.417. The van der Waals surface area contributed by atoms with Crippen LogP contribution in [0.3, 0.4) is 0 Å². The molecule has 1 unspecified atom stereocenters. The molecule has 0 aliphatic heterocycles. The van der Waals surface area contributed by atoms with Gasteiger partial charge in [-0.15, -0.1) is 0 Å². The Morgan fingerprint density at radius 3 is 2.73 bits per heavy atom. The number of hydrogen-bond acceptors (Lipinski definition) is 1. The van der Waals surface area contributed by atoms with E-state index in [2.05, 4.69) is 0 Å². The van der Waals surface area contributed by atoms with Gasteiger partial charge in [0.25, 0.3) is 0 Å². The lowest BCUT2D eigenvalue weighted by Gasteiger charge is -2.08. The van der Waals surface area contributed by atoms with Gasteiger partial charge in [-0.1, -0.05) is 26.0 Å². The number of carboxylic acid groups (broad SMARTS) is 1. The maximum Gasteiger partial charge on any atom is 0.306 e. The second-order valence-corrected chi connectivity index (χ2v) is 3.72. The van der Waals surface area contributed by atoms with Crippen molar-refractivity contribution in [3.05, 3.63) is 35.1 Å². The Hall–Kier alpha value is -1.38. The van der Waals surface area contributed by atoms with Gasteiger partial charge in [0.05, 0.1) is 5.92 Å². The smallest absolute Gasteiger partial charge is 0.306 e. The molecule has 1 aromatic carbocycles. The Morgan fingerprint density at radius 1 is 1.53 bits per heavy atom. The number of aliphatic carboxylic acids is 1. The monoisotopic (exact) mass is 210 g/mol. The summed E-state index contributed by atoms with van der Waals surface area (Å²) in [5, 5.41) is 8.74. The fourth-order valence-corrected chi connectivity index (χ4v) is 1.42. The van der Waals surface area contributed by atoms with Gasteiger partial charge in [0, 0.05) is 0 Å². The quantitative estimate of drug-likeness (QED) is 0.829. The van der Waals surface area contributed by atoms with E-state index in [4.69, 9.17) is 5.11 Å².